The summed E-state index contributed by atoms with van der Waals surface area (Å²) in [5.74, 6) is 1.56. The number of nitrogens with zero attached hydrogens (tertiary/aromatic N) is 4. The van der Waals surface area contributed by atoms with E-state index in [1.807, 2.05) is 18.2 Å². The molecule has 0 bridgehead atoms. The molecule has 19 heavy (non-hydrogen) atoms. The third kappa shape index (κ3) is 2.44. The summed E-state index contributed by atoms with van der Waals surface area (Å²) in [7, 11) is 0. The number of hydrogen-bond donors (Lipinski definition) is 0. The first-order chi connectivity index (χ1) is 9.38. The Labute approximate surface area is 116 Å². The van der Waals surface area contributed by atoms with Crippen molar-refractivity contribution >= 4 is 22.6 Å². The van der Waals surface area contributed by atoms with Gasteiger partial charge in [-0.3, -0.25) is 9.97 Å². The Morgan fingerprint density at radius 3 is 2.63 bits per heavy atom. The average Bonchev–Trinajstić information content (AvgIpc) is 2.79. The molecule has 0 spiro atoms. The zero-order valence-electron chi connectivity index (χ0n) is 10.3. The lowest BCUT2D eigenvalue weighted by Crippen LogP contribution is -2.06. The van der Waals surface area contributed by atoms with Crippen molar-refractivity contribution in [2.45, 2.75) is 13.0 Å². The monoisotopic (exact) mass is 272 g/mol. The summed E-state index contributed by atoms with van der Waals surface area (Å²) in [5.41, 5.74) is 3.20. The third-order valence-corrected chi connectivity index (χ3v) is 3.23. The molecule has 4 nitrogen and oxygen atoms in total. The molecule has 0 amide bonds. The van der Waals surface area contributed by atoms with Crippen LogP contribution < -0.4 is 0 Å². The number of pyridine rings is 2. The highest BCUT2D eigenvalue weighted by molar-refractivity contribution is 6.17. The largest absolute Gasteiger partial charge is 0.323 e. The molecule has 3 aromatic heterocycles. The van der Waals surface area contributed by atoms with E-state index in [0.29, 0.717) is 5.88 Å². The molecular formula is C14H13ClN4. The Morgan fingerprint density at radius 1 is 1.05 bits per heavy atom. The highest BCUT2D eigenvalue weighted by atomic mass is 35.5. The van der Waals surface area contributed by atoms with Crippen molar-refractivity contribution in [1.82, 2.24) is 19.5 Å². The molecule has 3 aromatic rings. The number of alkyl halides is 1. The maximum atomic E-state index is 5.86. The van der Waals surface area contributed by atoms with E-state index in [0.717, 1.165) is 29.8 Å². The van der Waals surface area contributed by atoms with E-state index in [-0.39, 0.29) is 0 Å². The molecule has 0 N–H and O–H groups in total. The number of halogens is 1. The van der Waals surface area contributed by atoms with E-state index in [9.17, 15) is 0 Å². The number of rotatable bonds is 4. The van der Waals surface area contributed by atoms with Gasteiger partial charge in [0.25, 0.3) is 0 Å². The average molecular weight is 273 g/mol. The number of fused-ring (bicyclic) bond motifs is 1. The number of aromatic nitrogens is 4. The van der Waals surface area contributed by atoms with Gasteiger partial charge in [-0.25, -0.2) is 4.98 Å². The zero-order valence-corrected chi connectivity index (χ0v) is 11.1. The van der Waals surface area contributed by atoms with Gasteiger partial charge in [-0.15, -0.1) is 11.6 Å². The molecular weight excluding hydrogens is 260 g/mol. The van der Waals surface area contributed by atoms with Gasteiger partial charge in [0.15, 0.2) is 0 Å². The van der Waals surface area contributed by atoms with Gasteiger partial charge in [-0.1, -0.05) is 0 Å². The highest BCUT2D eigenvalue weighted by Gasteiger charge is 2.10. The third-order valence-electron chi connectivity index (χ3n) is 3.04. The van der Waals surface area contributed by atoms with Crippen LogP contribution in [-0.2, 0) is 13.0 Å². The molecule has 0 unspecified atom stereocenters. The Hall–Kier alpha value is -1.94. The smallest absolute Gasteiger partial charge is 0.111 e. The van der Waals surface area contributed by atoms with Crippen molar-refractivity contribution in [3.63, 3.8) is 0 Å². The van der Waals surface area contributed by atoms with Crippen LogP contribution in [0.2, 0.25) is 0 Å². The Kier molecular flexibility index (Phi) is 3.42. The van der Waals surface area contributed by atoms with Crippen LogP contribution in [0.15, 0.2) is 43.0 Å². The van der Waals surface area contributed by atoms with Crippen molar-refractivity contribution in [2.24, 2.45) is 0 Å². The zero-order chi connectivity index (χ0) is 13.1. The van der Waals surface area contributed by atoms with E-state index >= 15 is 0 Å². The molecule has 0 atom stereocenters. The summed E-state index contributed by atoms with van der Waals surface area (Å²) in [4.78, 5) is 12.8. The Morgan fingerprint density at radius 2 is 1.84 bits per heavy atom. The maximum absolute atomic E-state index is 5.86. The summed E-state index contributed by atoms with van der Waals surface area (Å²) in [6, 6.07) is 6.01. The molecule has 5 heteroatoms. The van der Waals surface area contributed by atoms with Gasteiger partial charge in [0.05, 0.1) is 11.7 Å². The van der Waals surface area contributed by atoms with Crippen molar-refractivity contribution in [3.05, 3.63) is 54.4 Å². The minimum absolute atomic E-state index is 0.563. The van der Waals surface area contributed by atoms with Crippen molar-refractivity contribution < 1.29 is 0 Å². The van der Waals surface area contributed by atoms with Crippen molar-refractivity contribution in [3.8, 4) is 0 Å². The summed E-state index contributed by atoms with van der Waals surface area (Å²) < 4.78 is 2.19. The predicted octanol–water partition coefficient (Wildman–Crippen LogP) is 2.66. The summed E-state index contributed by atoms with van der Waals surface area (Å²) in [6.45, 7) is 0.773. The quantitative estimate of drug-likeness (QED) is 0.686. The molecule has 0 aromatic carbocycles. The van der Waals surface area contributed by atoms with Gasteiger partial charge >= 0.3 is 0 Å². The molecule has 0 aliphatic heterocycles. The lowest BCUT2D eigenvalue weighted by Gasteiger charge is -2.08. The molecule has 0 saturated heterocycles. The molecule has 0 saturated carbocycles. The van der Waals surface area contributed by atoms with E-state index in [2.05, 4.69) is 19.5 Å². The van der Waals surface area contributed by atoms with E-state index in [4.69, 9.17) is 11.6 Å². The highest BCUT2D eigenvalue weighted by Crippen LogP contribution is 2.17. The van der Waals surface area contributed by atoms with Crippen LogP contribution in [0.25, 0.3) is 11.0 Å². The number of hydrogen-bond acceptors (Lipinski definition) is 3. The lowest BCUT2D eigenvalue weighted by molar-refractivity contribution is 0.753. The minimum Gasteiger partial charge on any atom is -0.323 e. The van der Waals surface area contributed by atoms with Crippen LogP contribution in [0.1, 0.15) is 11.4 Å². The van der Waals surface area contributed by atoms with Gasteiger partial charge in [0.1, 0.15) is 11.3 Å². The second-order valence-electron chi connectivity index (χ2n) is 4.27. The number of imidazole rings is 1. The van der Waals surface area contributed by atoms with Gasteiger partial charge in [0, 0.05) is 37.4 Å². The van der Waals surface area contributed by atoms with Crippen LogP contribution in [0.3, 0.4) is 0 Å². The Bertz CT molecular complexity index is 678. The molecule has 3 heterocycles. The number of aryl methyl sites for hydroxylation is 1. The predicted molar refractivity (Wildman–Crippen MR) is 75.3 cm³/mol. The fourth-order valence-electron chi connectivity index (χ4n) is 2.15. The summed E-state index contributed by atoms with van der Waals surface area (Å²) in [5, 5.41) is 0. The molecule has 3 rings (SSSR count). The first-order valence-electron chi connectivity index (χ1n) is 6.12. The fourth-order valence-corrected chi connectivity index (χ4v) is 2.32. The molecule has 0 radical (unpaired) electrons. The van der Waals surface area contributed by atoms with E-state index in [1.54, 1.807) is 24.8 Å². The maximum Gasteiger partial charge on any atom is 0.111 e. The van der Waals surface area contributed by atoms with Crippen LogP contribution in [-0.4, -0.2) is 25.4 Å². The Balaban J connectivity index is 2.07. The normalized spacial score (nSPS) is 11.0. The van der Waals surface area contributed by atoms with Crippen LogP contribution in [0.4, 0.5) is 0 Å². The molecule has 96 valence electrons. The minimum atomic E-state index is 0.563. The standard InChI is InChI=1S/C14H13ClN4/c15-5-1-14-18-12-9-17-8-4-13(12)19(14)10-11-2-6-16-7-3-11/h2-4,6-9H,1,5,10H2. The first kappa shape index (κ1) is 12.1. The van der Waals surface area contributed by atoms with Gasteiger partial charge in [-0.05, 0) is 23.8 Å². The van der Waals surface area contributed by atoms with E-state index in [1.165, 1.54) is 5.56 Å². The fraction of sp³-hybridized carbons (Fsp3) is 0.214. The molecule has 0 aliphatic rings. The lowest BCUT2D eigenvalue weighted by atomic mass is 10.2. The molecule has 0 fully saturated rings. The topological polar surface area (TPSA) is 43.6 Å². The van der Waals surface area contributed by atoms with Gasteiger partial charge in [-0.2, -0.15) is 0 Å². The second-order valence-corrected chi connectivity index (χ2v) is 4.65. The summed E-state index contributed by atoms with van der Waals surface area (Å²) >= 11 is 5.86. The van der Waals surface area contributed by atoms with Crippen molar-refractivity contribution in [1.29, 1.82) is 0 Å². The van der Waals surface area contributed by atoms with Crippen molar-refractivity contribution in [2.75, 3.05) is 5.88 Å². The van der Waals surface area contributed by atoms with Crippen LogP contribution >= 0.6 is 11.6 Å². The van der Waals surface area contributed by atoms with Crippen LogP contribution in [0.5, 0.6) is 0 Å². The second kappa shape index (κ2) is 5.36. The van der Waals surface area contributed by atoms with Gasteiger partial charge in [0.2, 0.25) is 0 Å². The van der Waals surface area contributed by atoms with E-state index < -0.39 is 0 Å². The summed E-state index contributed by atoms with van der Waals surface area (Å²) in [6.07, 6.45) is 7.93. The first-order valence-corrected chi connectivity index (χ1v) is 6.66. The van der Waals surface area contributed by atoms with Gasteiger partial charge < -0.3 is 4.57 Å². The molecule has 0 aliphatic carbocycles. The SMILES string of the molecule is ClCCc1nc2cnccc2n1Cc1ccncc1. The van der Waals surface area contributed by atoms with Crippen LogP contribution in [0, 0.1) is 0 Å².